The second-order valence-corrected chi connectivity index (χ2v) is 9.71. The van der Waals surface area contributed by atoms with Crippen molar-refractivity contribution in [2.24, 2.45) is 0 Å². The molecule has 5 heteroatoms. The van der Waals surface area contributed by atoms with Crippen molar-refractivity contribution < 1.29 is 4.79 Å². The number of anilines is 1. The summed E-state index contributed by atoms with van der Waals surface area (Å²) in [5.74, 6) is 0. The zero-order chi connectivity index (χ0) is 19.8. The van der Waals surface area contributed by atoms with E-state index in [0.717, 1.165) is 23.1 Å². The summed E-state index contributed by atoms with van der Waals surface area (Å²) < 4.78 is 0.897. The number of aryl methyl sites for hydroxylation is 1. The lowest BCUT2D eigenvalue weighted by atomic mass is 9.88. The third-order valence-electron chi connectivity index (χ3n) is 5.97. The van der Waals surface area contributed by atoms with Gasteiger partial charge in [0.15, 0.2) is 0 Å². The normalized spacial score (nSPS) is 18.1. The molecular formula is C24H23BrN2OS. The van der Waals surface area contributed by atoms with Crippen LogP contribution in [-0.4, -0.2) is 17.5 Å². The Hall–Kier alpha value is -2.11. The van der Waals surface area contributed by atoms with Gasteiger partial charge in [0.05, 0.1) is 11.7 Å². The van der Waals surface area contributed by atoms with Crippen molar-refractivity contribution in [2.45, 2.75) is 38.1 Å². The van der Waals surface area contributed by atoms with Crippen LogP contribution in [0.1, 0.15) is 45.3 Å². The zero-order valence-electron chi connectivity index (χ0n) is 16.2. The molecule has 0 radical (unpaired) electrons. The maximum Gasteiger partial charge on any atom is 0.322 e. The molecule has 3 nitrogen and oxygen atoms in total. The van der Waals surface area contributed by atoms with Crippen molar-refractivity contribution in [1.29, 1.82) is 0 Å². The number of hydrogen-bond acceptors (Lipinski definition) is 2. The summed E-state index contributed by atoms with van der Waals surface area (Å²) in [6.45, 7) is 0.742. The molecule has 3 aromatic rings. The number of hydrogen-bond donors (Lipinski definition) is 1. The summed E-state index contributed by atoms with van der Waals surface area (Å²) >= 11 is 5.48. The number of amides is 2. The second-order valence-electron chi connectivity index (χ2n) is 7.72. The molecule has 2 aromatic carbocycles. The molecule has 5 rings (SSSR count). The molecule has 0 saturated heterocycles. The van der Waals surface area contributed by atoms with Crippen molar-refractivity contribution in [3.8, 4) is 0 Å². The Labute approximate surface area is 183 Å². The third-order valence-corrected chi connectivity index (χ3v) is 8.04. The zero-order valence-corrected chi connectivity index (χ0v) is 18.6. The first-order chi connectivity index (χ1) is 14.2. The van der Waals surface area contributed by atoms with Gasteiger partial charge in [-0.15, -0.1) is 11.3 Å². The first kappa shape index (κ1) is 18.9. The van der Waals surface area contributed by atoms with Crippen molar-refractivity contribution >= 4 is 39.0 Å². The molecule has 148 valence electrons. The fraction of sp³-hybridized carbons (Fsp3) is 0.292. The average molecular weight is 467 g/mol. The molecule has 0 spiro atoms. The quantitative estimate of drug-likeness (QED) is 0.454. The highest BCUT2D eigenvalue weighted by atomic mass is 79.9. The van der Waals surface area contributed by atoms with Crippen molar-refractivity contribution in [2.75, 3.05) is 11.9 Å². The maximum atomic E-state index is 13.4. The molecule has 0 unspecified atom stereocenters. The third kappa shape index (κ3) is 3.51. The van der Waals surface area contributed by atoms with Crippen LogP contribution in [0.25, 0.3) is 0 Å². The van der Waals surface area contributed by atoms with E-state index in [9.17, 15) is 4.79 Å². The van der Waals surface area contributed by atoms with E-state index in [1.165, 1.54) is 41.7 Å². The number of halogens is 1. The Morgan fingerprint density at radius 2 is 1.72 bits per heavy atom. The minimum Gasteiger partial charge on any atom is -0.312 e. The van der Waals surface area contributed by atoms with Crippen LogP contribution in [0.3, 0.4) is 0 Å². The number of benzene rings is 2. The van der Waals surface area contributed by atoms with E-state index >= 15 is 0 Å². The SMILES string of the molecule is O=C(Nc1ccccc1Br)N1CCc2c(sc3c2CCCC3)[C@@H]1c1ccccc1. The monoisotopic (exact) mass is 466 g/mol. The number of carbonyl (C=O) groups is 1. The number of fused-ring (bicyclic) bond motifs is 3. The van der Waals surface area contributed by atoms with Gasteiger partial charge in [-0.05, 0) is 76.9 Å². The highest BCUT2D eigenvalue weighted by molar-refractivity contribution is 9.10. The van der Waals surface area contributed by atoms with Gasteiger partial charge in [-0.2, -0.15) is 0 Å². The predicted molar refractivity (Wildman–Crippen MR) is 123 cm³/mol. The van der Waals surface area contributed by atoms with Gasteiger partial charge < -0.3 is 10.2 Å². The minimum atomic E-state index is -0.0391. The van der Waals surface area contributed by atoms with Gasteiger partial charge in [0.25, 0.3) is 0 Å². The molecule has 0 fully saturated rings. The molecule has 2 heterocycles. The van der Waals surface area contributed by atoms with E-state index in [2.05, 4.69) is 45.5 Å². The van der Waals surface area contributed by atoms with Gasteiger partial charge in [0.2, 0.25) is 0 Å². The lowest BCUT2D eigenvalue weighted by Gasteiger charge is -2.36. The van der Waals surface area contributed by atoms with Crippen molar-refractivity contribution in [3.63, 3.8) is 0 Å². The fourth-order valence-electron chi connectivity index (χ4n) is 4.59. The van der Waals surface area contributed by atoms with Gasteiger partial charge in [0.1, 0.15) is 0 Å². The molecule has 1 N–H and O–H groups in total. The van der Waals surface area contributed by atoms with Gasteiger partial charge in [0, 0.05) is 20.8 Å². The van der Waals surface area contributed by atoms with Crippen LogP contribution >= 0.6 is 27.3 Å². The van der Waals surface area contributed by atoms with E-state index in [1.807, 2.05) is 46.6 Å². The van der Waals surface area contributed by atoms with Crippen molar-refractivity contribution in [3.05, 3.63) is 85.5 Å². The van der Waals surface area contributed by atoms with Crippen LogP contribution in [0.15, 0.2) is 59.1 Å². The fourth-order valence-corrected chi connectivity index (χ4v) is 6.55. The first-order valence-corrected chi connectivity index (χ1v) is 11.8. The Morgan fingerprint density at radius 3 is 2.55 bits per heavy atom. The summed E-state index contributed by atoms with van der Waals surface area (Å²) in [4.78, 5) is 18.3. The highest BCUT2D eigenvalue weighted by Crippen LogP contribution is 2.45. The number of rotatable bonds is 2. The molecule has 2 aliphatic rings. The number of nitrogens with zero attached hydrogens (tertiary/aromatic N) is 1. The second kappa shape index (κ2) is 7.96. The van der Waals surface area contributed by atoms with Crippen LogP contribution < -0.4 is 5.32 Å². The van der Waals surface area contributed by atoms with Crippen LogP contribution in [0.5, 0.6) is 0 Å². The van der Waals surface area contributed by atoms with E-state index in [-0.39, 0.29) is 12.1 Å². The van der Waals surface area contributed by atoms with Crippen molar-refractivity contribution in [1.82, 2.24) is 4.90 Å². The Balaban J connectivity index is 1.54. The Kier molecular flexibility index (Phi) is 5.18. The van der Waals surface area contributed by atoms with Crippen LogP contribution in [0.2, 0.25) is 0 Å². The lowest BCUT2D eigenvalue weighted by molar-refractivity contribution is 0.195. The van der Waals surface area contributed by atoms with Gasteiger partial charge in [-0.1, -0.05) is 42.5 Å². The lowest BCUT2D eigenvalue weighted by Crippen LogP contribution is -2.42. The largest absolute Gasteiger partial charge is 0.322 e. The Morgan fingerprint density at radius 1 is 0.966 bits per heavy atom. The number of thiophene rings is 1. The van der Waals surface area contributed by atoms with E-state index in [1.54, 1.807) is 10.4 Å². The number of carbonyl (C=O) groups excluding carboxylic acids is 1. The predicted octanol–water partition coefficient (Wildman–Crippen LogP) is 6.57. The minimum absolute atomic E-state index is 0.0157. The molecule has 1 aliphatic heterocycles. The molecule has 0 saturated carbocycles. The highest BCUT2D eigenvalue weighted by Gasteiger charge is 2.36. The first-order valence-electron chi connectivity index (χ1n) is 10.2. The molecule has 29 heavy (non-hydrogen) atoms. The molecular weight excluding hydrogens is 444 g/mol. The molecule has 1 atom stereocenters. The molecule has 1 aliphatic carbocycles. The van der Waals surface area contributed by atoms with Gasteiger partial charge in [-0.3, -0.25) is 0 Å². The van der Waals surface area contributed by atoms with Crippen LogP contribution in [0.4, 0.5) is 10.5 Å². The maximum absolute atomic E-state index is 13.4. The topological polar surface area (TPSA) is 32.3 Å². The smallest absolute Gasteiger partial charge is 0.312 e. The Bertz CT molecular complexity index is 1050. The molecule has 2 amide bonds. The summed E-state index contributed by atoms with van der Waals surface area (Å²) in [6.07, 6.45) is 5.92. The van der Waals surface area contributed by atoms with Crippen LogP contribution in [0, 0.1) is 0 Å². The van der Waals surface area contributed by atoms with E-state index < -0.39 is 0 Å². The number of nitrogens with one attached hydrogen (secondary N) is 1. The number of para-hydroxylation sites is 1. The summed E-state index contributed by atoms with van der Waals surface area (Å²) in [7, 11) is 0. The molecule has 0 bridgehead atoms. The number of urea groups is 1. The summed E-state index contributed by atoms with van der Waals surface area (Å²) in [5, 5.41) is 3.12. The van der Waals surface area contributed by atoms with Crippen LogP contribution in [-0.2, 0) is 19.3 Å². The van der Waals surface area contributed by atoms with Gasteiger partial charge >= 0.3 is 6.03 Å². The standard InChI is InChI=1S/C24H23BrN2OS/c25-19-11-5-6-12-20(19)26-24(28)27-15-14-18-17-10-4-7-13-21(17)29-23(18)22(27)16-8-2-1-3-9-16/h1-3,5-6,8-9,11-12,22H,4,7,10,13-15H2,(H,26,28)/t22-/m0/s1. The van der Waals surface area contributed by atoms with E-state index in [0.29, 0.717) is 0 Å². The summed E-state index contributed by atoms with van der Waals surface area (Å²) in [5.41, 5.74) is 5.10. The molecule has 1 aromatic heterocycles. The average Bonchev–Trinajstić information content (AvgIpc) is 3.14. The van der Waals surface area contributed by atoms with E-state index in [4.69, 9.17) is 0 Å². The van der Waals surface area contributed by atoms with Gasteiger partial charge in [-0.25, -0.2) is 4.79 Å². The summed E-state index contributed by atoms with van der Waals surface area (Å²) in [6, 6.07) is 18.2.